The van der Waals surface area contributed by atoms with Crippen LogP contribution in [0, 0.1) is 13.8 Å². The summed E-state index contributed by atoms with van der Waals surface area (Å²) in [7, 11) is 0. The second-order valence-corrected chi connectivity index (χ2v) is 8.38. The molecule has 1 aromatic carbocycles. The first-order valence-corrected chi connectivity index (χ1v) is 10.0. The Balaban J connectivity index is 1.50. The number of aryl methyl sites for hydroxylation is 2. The first-order chi connectivity index (χ1) is 13.3. The van der Waals surface area contributed by atoms with Crippen LogP contribution in [-0.4, -0.2) is 38.8 Å². The van der Waals surface area contributed by atoms with Crippen molar-refractivity contribution in [2.75, 3.05) is 6.61 Å². The minimum Gasteiger partial charge on any atom is -0.375 e. The Labute approximate surface area is 165 Å². The van der Waals surface area contributed by atoms with Crippen molar-refractivity contribution in [2.24, 2.45) is 0 Å². The zero-order valence-electron chi connectivity index (χ0n) is 17.1. The second-order valence-electron chi connectivity index (χ2n) is 8.38. The fourth-order valence-electron chi connectivity index (χ4n) is 4.23. The Morgan fingerprint density at radius 1 is 1.32 bits per heavy atom. The van der Waals surface area contributed by atoms with Gasteiger partial charge in [0.1, 0.15) is 0 Å². The predicted octanol–water partition coefficient (Wildman–Crippen LogP) is 3.51. The van der Waals surface area contributed by atoms with E-state index in [1.807, 2.05) is 35.7 Å². The Morgan fingerprint density at radius 2 is 2.11 bits per heavy atom. The van der Waals surface area contributed by atoms with Crippen LogP contribution in [0.3, 0.4) is 0 Å². The van der Waals surface area contributed by atoms with E-state index in [1.54, 1.807) is 0 Å². The zero-order valence-corrected chi connectivity index (χ0v) is 17.1. The van der Waals surface area contributed by atoms with Crippen LogP contribution in [0.25, 0.3) is 16.6 Å². The highest BCUT2D eigenvalue weighted by Gasteiger charge is 2.29. The highest BCUT2D eigenvalue weighted by molar-refractivity contribution is 5.92. The topological polar surface area (TPSA) is 68.5 Å². The molecule has 0 aliphatic carbocycles. The maximum absolute atomic E-state index is 12.5. The van der Waals surface area contributed by atoms with Crippen LogP contribution in [-0.2, 0) is 16.0 Å². The second kappa shape index (κ2) is 7.17. The number of benzene rings is 1. The van der Waals surface area contributed by atoms with Gasteiger partial charge in [-0.2, -0.15) is 5.10 Å². The van der Waals surface area contributed by atoms with Crippen molar-refractivity contribution in [3.63, 3.8) is 0 Å². The molecule has 0 saturated carbocycles. The molecule has 3 heterocycles. The molecule has 0 radical (unpaired) electrons. The van der Waals surface area contributed by atoms with Gasteiger partial charge in [-0.25, -0.2) is 9.50 Å². The van der Waals surface area contributed by atoms with Crippen molar-refractivity contribution >= 4 is 22.5 Å². The number of nitrogens with one attached hydrogen (secondary N) is 1. The van der Waals surface area contributed by atoms with Crippen molar-refractivity contribution in [1.29, 1.82) is 0 Å². The smallest absolute Gasteiger partial charge is 0.220 e. The minimum atomic E-state index is -0.166. The number of amides is 1. The summed E-state index contributed by atoms with van der Waals surface area (Å²) in [5.74, 6) is 0.0900. The number of ether oxygens (including phenoxy) is 1. The van der Waals surface area contributed by atoms with Crippen LogP contribution in [0.1, 0.15) is 50.1 Å². The molecule has 1 atom stereocenters. The molecule has 148 valence electrons. The molecule has 1 aliphatic heterocycles. The molecule has 1 amide bonds. The number of carbonyl (C=O) groups excluding carboxylic acids is 1. The van der Waals surface area contributed by atoms with Crippen molar-refractivity contribution < 1.29 is 9.53 Å². The van der Waals surface area contributed by atoms with Gasteiger partial charge < -0.3 is 10.1 Å². The first kappa shape index (κ1) is 18.9. The predicted molar refractivity (Wildman–Crippen MR) is 109 cm³/mol. The lowest BCUT2D eigenvalue weighted by Crippen LogP contribution is -2.45. The number of nitrogens with zero attached hydrogens (tertiary/aromatic N) is 3. The maximum Gasteiger partial charge on any atom is 0.220 e. The third kappa shape index (κ3) is 3.61. The van der Waals surface area contributed by atoms with Gasteiger partial charge in [-0.15, -0.1) is 0 Å². The number of aromatic nitrogens is 3. The fraction of sp³-hybridized carbons (Fsp3) is 0.500. The SMILES string of the molecule is Cc1nc2c3ccccc3nn2c(C)c1CCC(=O)N[C@@H]1CCOC(C)(C)C1. The molecule has 1 saturated heterocycles. The Bertz CT molecular complexity index is 1040. The molecule has 0 spiro atoms. The van der Waals surface area contributed by atoms with Gasteiger partial charge in [-0.3, -0.25) is 4.79 Å². The number of hydrogen-bond acceptors (Lipinski definition) is 4. The van der Waals surface area contributed by atoms with E-state index >= 15 is 0 Å². The van der Waals surface area contributed by atoms with Crippen molar-refractivity contribution in [2.45, 2.75) is 65.0 Å². The normalized spacial score (nSPS) is 19.2. The molecule has 1 fully saturated rings. The van der Waals surface area contributed by atoms with E-state index in [1.165, 1.54) is 0 Å². The van der Waals surface area contributed by atoms with E-state index in [0.717, 1.165) is 46.3 Å². The van der Waals surface area contributed by atoms with E-state index in [-0.39, 0.29) is 17.6 Å². The summed E-state index contributed by atoms with van der Waals surface area (Å²) in [6.45, 7) is 8.92. The summed E-state index contributed by atoms with van der Waals surface area (Å²) in [4.78, 5) is 17.3. The third-order valence-electron chi connectivity index (χ3n) is 5.68. The van der Waals surface area contributed by atoms with Crippen LogP contribution in [0.2, 0.25) is 0 Å². The lowest BCUT2D eigenvalue weighted by atomic mass is 9.94. The van der Waals surface area contributed by atoms with E-state index in [2.05, 4.69) is 26.1 Å². The van der Waals surface area contributed by atoms with Crippen molar-refractivity contribution in [3.8, 4) is 0 Å². The summed E-state index contributed by atoms with van der Waals surface area (Å²) < 4.78 is 7.64. The zero-order chi connectivity index (χ0) is 19.9. The lowest BCUT2D eigenvalue weighted by molar-refractivity contribution is -0.124. The molecule has 6 heteroatoms. The van der Waals surface area contributed by atoms with E-state index in [9.17, 15) is 4.79 Å². The molecule has 1 aliphatic rings. The monoisotopic (exact) mass is 380 g/mol. The molecule has 0 bridgehead atoms. The van der Waals surface area contributed by atoms with Gasteiger partial charge in [0.25, 0.3) is 0 Å². The van der Waals surface area contributed by atoms with Gasteiger partial charge in [0.05, 0.1) is 11.1 Å². The van der Waals surface area contributed by atoms with E-state index in [0.29, 0.717) is 19.4 Å². The summed E-state index contributed by atoms with van der Waals surface area (Å²) in [6, 6.07) is 8.23. The first-order valence-electron chi connectivity index (χ1n) is 10.0. The third-order valence-corrected chi connectivity index (χ3v) is 5.68. The van der Waals surface area contributed by atoms with Gasteiger partial charge >= 0.3 is 0 Å². The van der Waals surface area contributed by atoms with Gasteiger partial charge in [-0.1, -0.05) is 12.1 Å². The Morgan fingerprint density at radius 3 is 2.89 bits per heavy atom. The summed E-state index contributed by atoms with van der Waals surface area (Å²) >= 11 is 0. The highest BCUT2D eigenvalue weighted by Crippen LogP contribution is 2.25. The molecule has 3 aromatic rings. The largest absolute Gasteiger partial charge is 0.375 e. The molecule has 6 nitrogen and oxygen atoms in total. The van der Waals surface area contributed by atoms with Crippen LogP contribution in [0.4, 0.5) is 0 Å². The summed E-state index contributed by atoms with van der Waals surface area (Å²) in [5, 5.41) is 8.93. The van der Waals surface area contributed by atoms with Crippen LogP contribution >= 0.6 is 0 Å². The molecular formula is C22H28N4O2. The van der Waals surface area contributed by atoms with Crippen LogP contribution < -0.4 is 5.32 Å². The summed E-state index contributed by atoms with van der Waals surface area (Å²) in [6.07, 6.45) is 2.84. The standard InChI is InChI=1S/C22H28N4O2/c1-14-17(9-10-20(27)24-16-11-12-28-22(3,4)13-16)15(2)26-21(23-14)18-7-5-6-8-19(18)25-26/h5-8,16H,9-13H2,1-4H3,(H,24,27)/t16-/m1/s1. The molecule has 0 unspecified atom stereocenters. The maximum atomic E-state index is 12.5. The average molecular weight is 380 g/mol. The number of rotatable bonds is 4. The molecule has 4 rings (SSSR count). The van der Waals surface area contributed by atoms with Crippen molar-refractivity contribution in [1.82, 2.24) is 19.9 Å². The molecule has 28 heavy (non-hydrogen) atoms. The molecule has 1 N–H and O–H groups in total. The molecule has 2 aromatic heterocycles. The quantitative estimate of drug-likeness (QED) is 0.752. The van der Waals surface area contributed by atoms with Crippen molar-refractivity contribution in [3.05, 3.63) is 41.2 Å². The van der Waals surface area contributed by atoms with Crippen LogP contribution in [0.15, 0.2) is 24.3 Å². The highest BCUT2D eigenvalue weighted by atomic mass is 16.5. The fourth-order valence-corrected chi connectivity index (χ4v) is 4.23. The number of carbonyl (C=O) groups is 1. The summed E-state index contributed by atoms with van der Waals surface area (Å²) in [5.41, 5.74) is 4.77. The van der Waals surface area contributed by atoms with E-state index in [4.69, 9.17) is 14.8 Å². The van der Waals surface area contributed by atoms with Gasteiger partial charge in [0, 0.05) is 35.8 Å². The van der Waals surface area contributed by atoms with Gasteiger partial charge in [0.15, 0.2) is 5.65 Å². The Hall–Kier alpha value is -2.47. The van der Waals surface area contributed by atoms with Gasteiger partial charge in [-0.05, 0) is 64.7 Å². The van der Waals surface area contributed by atoms with Crippen LogP contribution in [0.5, 0.6) is 0 Å². The number of fused-ring (bicyclic) bond motifs is 3. The lowest BCUT2D eigenvalue weighted by Gasteiger charge is -2.35. The van der Waals surface area contributed by atoms with E-state index < -0.39 is 0 Å². The Kier molecular flexibility index (Phi) is 4.83. The minimum absolute atomic E-state index is 0.0900. The molecular weight excluding hydrogens is 352 g/mol. The number of hydrogen-bond donors (Lipinski definition) is 1. The average Bonchev–Trinajstić information content (AvgIpc) is 2.99. The van der Waals surface area contributed by atoms with Gasteiger partial charge in [0.2, 0.25) is 5.91 Å².